The molecule has 1 amide bonds. The fourth-order valence-electron chi connectivity index (χ4n) is 3.48. The molecule has 0 saturated heterocycles. The van der Waals surface area contributed by atoms with Crippen LogP contribution in [0.1, 0.15) is 28.0 Å². The second-order valence-electron chi connectivity index (χ2n) is 6.39. The maximum atomic E-state index is 12.6. The lowest BCUT2D eigenvalue weighted by Gasteiger charge is -2.05. The molecule has 2 heterocycles. The van der Waals surface area contributed by atoms with E-state index in [0.29, 0.717) is 6.54 Å². The van der Waals surface area contributed by atoms with Crippen LogP contribution in [0, 0.1) is 6.92 Å². The number of carbonyl (C=O) groups excluding carboxylic acids is 1. The average Bonchev–Trinajstić information content (AvgIpc) is 3.18. The molecular weight excluding hydrogens is 310 g/mol. The summed E-state index contributed by atoms with van der Waals surface area (Å²) in [6.45, 7) is 2.61. The molecule has 0 unspecified atom stereocenters. The van der Waals surface area contributed by atoms with Crippen molar-refractivity contribution in [3.63, 3.8) is 0 Å². The van der Waals surface area contributed by atoms with Crippen molar-refractivity contribution < 1.29 is 4.79 Å². The molecule has 3 N–H and O–H groups in total. The first kappa shape index (κ1) is 15.5. The molecule has 4 nitrogen and oxygen atoms in total. The highest BCUT2D eigenvalue weighted by molar-refractivity contribution is 6.08. The summed E-state index contributed by atoms with van der Waals surface area (Å²) in [5.41, 5.74) is 5.13. The fraction of sp³-hybridized carbons (Fsp3) is 0.190. The van der Waals surface area contributed by atoms with Gasteiger partial charge in [-0.05, 0) is 37.5 Å². The number of aromatic nitrogens is 2. The van der Waals surface area contributed by atoms with E-state index in [0.717, 1.165) is 40.5 Å². The van der Waals surface area contributed by atoms with Gasteiger partial charge in [-0.1, -0.05) is 36.4 Å². The highest BCUT2D eigenvalue weighted by atomic mass is 16.1. The zero-order valence-corrected chi connectivity index (χ0v) is 14.2. The first-order chi connectivity index (χ1) is 12.2. The Bertz CT molecular complexity index is 1040. The zero-order valence-electron chi connectivity index (χ0n) is 14.2. The molecule has 4 rings (SSSR count). The van der Waals surface area contributed by atoms with Gasteiger partial charge in [-0.3, -0.25) is 4.79 Å². The Morgan fingerprint density at radius 3 is 2.56 bits per heavy atom. The third-order valence-electron chi connectivity index (χ3n) is 4.70. The van der Waals surface area contributed by atoms with Crippen molar-refractivity contribution in [2.45, 2.75) is 19.8 Å². The number of hydrogen-bond acceptors (Lipinski definition) is 1. The largest absolute Gasteiger partial charge is 0.361 e. The number of aryl methyl sites for hydroxylation is 2. The molecule has 0 aliphatic carbocycles. The lowest BCUT2D eigenvalue weighted by molar-refractivity contribution is 0.0954. The molecule has 25 heavy (non-hydrogen) atoms. The molecule has 2 aromatic heterocycles. The van der Waals surface area contributed by atoms with Crippen LogP contribution < -0.4 is 5.32 Å². The number of para-hydroxylation sites is 2. The maximum absolute atomic E-state index is 12.6. The third kappa shape index (κ3) is 2.91. The number of nitrogens with one attached hydrogen (secondary N) is 3. The number of fused-ring (bicyclic) bond motifs is 2. The molecule has 126 valence electrons. The molecule has 0 aliphatic rings. The predicted molar refractivity (Wildman–Crippen MR) is 102 cm³/mol. The Morgan fingerprint density at radius 2 is 1.72 bits per heavy atom. The Balaban J connectivity index is 1.40. The van der Waals surface area contributed by atoms with Crippen molar-refractivity contribution in [1.82, 2.24) is 15.3 Å². The van der Waals surface area contributed by atoms with E-state index >= 15 is 0 Å². The van der Waals surface area contributed by atoms with Crippen LogP contribution in [-0.4, -0.2) is 22.4 Å². The van der Waals surface area contributed by atoms with Crippen molar-refractivity contribution in [1.29, 1.82) is 0 Å². The molecule has 0 bridgehead atoms. The highest BCUT2D eigenvalue weighted by Gasteiger charge is 2.15. The summed E-state index contributed by atoms with van der Waals surface area (Å²) in [7, 11) is 0. The smallest absolute Gasteiger partial charge is 0.253 e. The molecule has 4 heteroatoms. The highest BCUT2D eigenvalue weighted by Crippen LogP contribution is 2.22. The van der Waals surface area contributed by atoms with E-state index in [4.69, 9.17) is 0 Å². The standard InChI is InChI=1S/C21H21N3O/c1-14-20(17-9-3-5-11-19(17)24-14)21(25)22-12-6-7-15-13-23-18-10-4-2-8-16(15)18/h2-5,8-11,13,23-24H,6-7,12H2,1H3,(H,22,25). The van der Waals surface area contributed by atoms with Crippen LogP contribution in [0.4, 0.5) is 0 Å². The second kappa shape index (κ2) is 6.48. The van der Waals surface area contributed by atoms with Crippen LogP contribution in [0.5, 0.6) is 0 Å². The van der Waals surface area contributed by atoms with Gasteiger partial charge in [0.05, 0.1) is 5.56 Å². The maximum Gasteiger partial charge on any atom is 0.253 e. The number of aromatic amines is 2. The second-order valence-corrected chi connectivity index (χ2v) is 6.39. The van der Waals surface area contributed by atoms with Gasteiger partial charge in [0.1, 0.15) is 0 Å². The van der Waals surface area contributed by atoms with E-state index in [1.807, 2.05) is 37.3 Å². The number of benzene rings is 2. The molecular formula is C21H21N3O. The summed E-state index contributed by atoms with van der Waals surface area (Å²) in [5.74, 6) is -0.00567. The van der Waals surface area contributed by atoms with Gasteiger partial charge in [0.25, 0.3) is 5.91 Å². The molecule has 0 spiro atoms. The minimum absolute atomic E-state index is 0.00567. The van der Waals surface area contributed by atoms with Crippen LogP contribution in [-0.2, 0) is 6.42 Å². The molecule has 0 atom stereocenters. The SMILES string of the molecule is Cc1[nH]c2ccccc2c1C(=O)NCCCc1c[nH]c2ccccc12. The topological polar surface area (TPSA) is 60.7 Å². The lowest BCUT2D eigenvalue weighted by Crippen LogP contribution is -2.25. The predicted octanol–water partition coefficient (Wildman–Crippen LogP) is 4.32. The molecule has 0 aliphatic heterocycles. The van der Waals surface area contributed by atoms with Gasteiger partial charge >= 0.3 is 0 Å². The number of hydrogen-bond donors (Lipinski definition) is 3. The van der Waals surface area contributed by atoms with E-state index in [1.165, 1.54) is 10.9 Å². The third-order valence-corrected chi connectivity index (χ3v) is 4.70. The Labute approximate surface area is 146 Å². The summed E-state index contributed by atoms with van der Waals surface area (Å²) < 4.78 is 0. The Hall–Kier alpha value is -3.01. The Kier molecular flexibility index (Phi) is 4.02. The quantitative estimate of drug-likeness (QED) is 0.469. The van der Waals surface area contributed by atoms with Crippen molar-refractivity contribution in [3.8, 4) is 0 Å². The van der Waals surface area contributed by atoms with Crippen LogP contribution >= 0.6 is 0 Å². The number of H-pyrrole nitrogens is 2. The summed E-state index contributed by atoms with van der Waals surface area (Å²) in [4.78, 5) is 19.1. The van der Waals surface area contributed by atoms with E-state index in [1.54, 1.807) is 0 Å². The zero-order chi connectivity index (χ0) is 17.2. The number of amides is 1. The van der Waals surface area contributed by atoms with Crippen molar-refractivity contribution in [2.75, 3.05) is 6.54 Å². The molecule has 0 radical (unpaired) electrons. The van der Waals surface area contributed by atoms with E-state index in [2.05, 4.69) is 39.7 Å². The lowest BCUT2D eigenvalue weighted by atomic mass is 10.1. The van der Waals surface area contributed by atoms with Crippen molar-refractivity contribution >= 4 is 27.7 Å². The summed E-state index contributed by atoms with van der Waals surface area (Å²) in [6.07, 6.45) is 3.92. The van der Waals surface area contributed by atoms with E-state index in [-0.39, 0.29) is 5.91 Å². The minimum Gasteiger partial charge on any atom is -0.361 e. The van der Waals surface area contributed by atoms with Gasteiger partial charge in [-0.2, -0.15) is 0 Å². The Morgan fingerprint density at radius 1 is 1.00 bits per heavy atom. The van der Waals surface area contributed by atoms with Crippen LogP contribution in [0.25, 0.3) is 21.8 Å². The van der Waals surface area contributed by atoms with E-state index in [9.17, 15) is 4.79 Å². The van der Waals surface area contributed by atoms with Crippen molar-refractivity contribution in [3.05, 3.63) is 71.5 Å². The van der Waals surface area contributed by atoms with Gasteiger partial charge in [0, 0.05) is 40.2 Å². The number of carbonyl (C=O) groups is 1. The minimum atomic E-state index is -0.00567. The summed E-state index contributed by atoms with van der Waals surface area (Å²) in [6, 6.07) is 16.2. The van der Waals surface area contributed by atoms with Crippen LogP contribution in [0.15, 0.2) is 54.7 Å². The molecule has 0 saturated carbocycles. The summed E-state index contributed by atoms with van der Waals surface area (Å²) in [5, 5.41) is 5.31. The average molecular weight is 331 g/mol. The molecule has 2 aromatic carbocycles. The van der Waals surface area contributed by atoms with Crippen molar-refractivity contribution in [2.24, 2.45) is 0 Å². The van der Waals surface area contributed by atoms with Gasteiger partial charge in [-0.25, -0.2) is 0 Å². The van der Waals surface area contributed by atoms with Crippen LogP contribution in [0.3, 0.4) is 0 Å². The monoisotopic (exact) mass is 331 g/mol. The van der Waals surface area contributed by atoms with Gasteiger partial charge < -0.3 is 15.3 Å². The first-order valence-corrected chi connectivity index (χ1v) is 8.64. The molecule has 0 fully saturated rings. The van der Waals surface area contributed by atoms with E-state index < -0.39 is 0 Å². The summed E-state index contributed by atoms with van der Waals surface area (Å²) >= 11 is 0. The van der Waals surface area contributed by atoms with Gasteiger partial charge in [0.15, 0.2) is 0 Å². The first-order valence-electron chi connectivity index (χ1n) is 8.64. The fourth-order valence-corrected chi connectivity index (χ4v) is 3.48. The number of rotatable bonds is 5. The van der Waals surface area contributed by atoms with Crippen LogP contribution in [0.2, 0.25) is 0 Å². The van der Waals surface area contributed by atoms with Gasteiger partial charge in [0.2, 0.25) is 0 Å². The van der Waals surface area contributed by atoms with Gasteiger partial charge in [-0.15, -0.1) is 0 Å². The normalized spacial score (nSPS) is 11.2. The molecule has 4 aromatic rings.